The quantitative estimate of drug-likeness (QED) is 0.668. The van der Waals surface area contributed by atoms with Gasteiger partial charge in [-0.05, 0) is 43.3 Å². The molecule has 0 fully saturated rings. The van der Waals surface area contributed by atoms with Crippen LogP contribution >= 0.6 is 0 Å². The Morgan fingerprint density at radius 3 is 1.66 bits per heavy atom. The van der Waals surface area contributed by atoms with Gasteiger partial charge in [0.2, 0.25) is 0 Å². The molecule has 8 heteroatoms. The van der Waals surface area contributed by atoms with Crippen LogP contribution in [0.4, 0.5) is 0 Å². The highest BCUT2D eigenvalue weighted by molar-refractivity contribution is 5.96. The van der Waals surface area contributed by atoms with Crippen LogP contribution < -0.4 is 29.6 Å². The summed E-state index contributed by atoms with van der Waals surface area (Å²) < 4.78 is 20.8. The number of amides is 2. The van der Waals surface area contributed by atoms with Crippen LogP contribution in [0.25, 0.3) is 0 Å². The van der Waals surface area contributed by atoms with Gasteiger partial charge in [-0.3, -0.25) is 9.59 Å². The van der Waals surface area contributed by atoms with Crippen LogP contribution in [0.2, 0.25) is 0 Å². The Morgan fingerprint density at radius 2 is 1.21 bits per heavy atom. The standard InChI is InChI=1S/C21H26N2O6/c1-13(23-21(25)15-7-9-17(27-3)19(11-15)29-5)12-22-20(24)14-6-8-16(26-2)18(10-14)28-4/h6-11,13H,12H2,1-5H3,(H,22,24)(H,23,25)/t13-/m1/s1. The molecule has 0 bridgehead atoms. The summed E-state index contributed by atoms with van der Waals surface area (Å²) >= 11 is 0. The molecular formula is C21H26N2O6. The van der Waals surface area contributed by atoms with Crippen molar-refractivity contribution in [1.29, 1.82) is 0 Å². The highest BCUT2D eigenvalue weighted by atomic mass is 16.5. The maximum Gasteiger partial charge on any atom is 0.251 e. The average molecular weight is 402 g/mol. The second kappa shape index (κ2) is 10.2. The minimum absolute atomic E-state index is 0.256. The zero-order chi connectivity index (χ0) is 21.4. The van der Waals surface area contributed by atoms with Crippen LogP contribution in [0.3, 0.4) is 0 Å². The van der Waals surface area contributed by atoms with Crippen LogP contribution in [-0.2, 0) is 0 Å². The topological polar surface area (TPSA) is 95.1 Å². The summed E-state index contributed by atoms with van der Waals surface area (Å²) in [5.41, 5.74) is 0.863. The first-order valence-corrected chi connectivity index (χ1v) is 8.96. The summed E-state index contributed by atoms with van der Waals surface area (Å²) in [6.45, 7) is 2.06. The molecule has 0 radical (unpaired) electrons. The summed E-state index contributed by atoms with van der Waals surface area (Å²) in [7, 11) is 6.07. The molecule has 0 saturated carbocycles. The van der Waals surface area contributed by atoms with Gasteiger partial charge in [0.25, 0.3) is 11.8 Å². The van der Waals surface area contributed by atoms with Crippen molar-refractivity contribution in [3.8, 4) is 23.0 Å². The van der Waals surface area contributed by atoms with E-state index in [1.54, 1.807) is 43.3 Å². The van der Waals surface area contributed by atoms with E-state index in [1.807, 2.05) is 0 Å². The van der Waals surface area contributed by atoms with Crippen molar-refractivity contribution < 1.29 is 28.5 Å². The lowest BCUT2D eigenvalue weighted by atomic mass is 10.1. The fraction of sp³-hybridized carbons (Fsp3) is 0.333. The largest absolute Gasteiger partial charge is 0.493 e. The number of rotatable bonds is 9. The molecule has 2 aromatic carbocycles. The summed E-state index contributed by atoms with van der Waals surface area (Å²) in [5, 5.41) is 5.63. The molecule has 156 valence electrons. The number of hydrogen-bond acceptors (Lipinski definition) is 6. The van der Waals surface area contributed by atoms with Crippen LogP contribution in [0.5, 0.6) is 23.0 Å². The van der Waals surface area contributed by atoms with E-state index in [1.165, 1.54) is 28.4 Å². The minimum atomic E-state index is -0.292. The average Bonchev–Trinajstić information content (AvgIpc) is 2.76. The number of carbonyl (C=O) groups is 2. The van der Waals surface area contributed by atoms with Crippen molar-refractivity contribution in [3.63, 3.8) is 0 Å². The van der Waals surface area contributed by atoms with E-state index in [0.29, 0.717) is 34.1 Å². The Labute approximate surface area is 170 Å². The first-order valence-electron chi connectivity index (χ1n) is 8.96. The van der Waals surface area contributed by atoms with E-state index >= 15 is 0 Å². The fourth-order valence-corrected chi connectivity index (χ4v) is 2.66. The van der Waals surface area contributed by atoms with Gasteiger partial charge in [-0.1, -0.05) is 0 Å². The third-order valence-corrected chi connectivity index (χ3v) is 4.24. The summed E-state index contributed by atoms with van der Waals surface area (Å²) in [5.74, 6) is 1.46. The fourth-order valence-electron chi connectivity index (χ4n) is 2.66. The molecule has 0 heterocycles. The van der Waals surface area contributed by atoms with Crippen molar-refractivity contribution in [2.24, 2.45) is 0 Å². The van der Waals surface area contributed by atoms with Gasteiger partial charge in [-0.2, -0.15) is 0 Å². The highest BCUT2D eigenvalue weighted by Gasteiger charge is 2.15. The van der Waals surface area contributed by atoms with Gasteiger partial charge in [0.1, 0.15) is 0 Å². The number of carbonyl (C=O) groups excluding carboxylic acids is 2. The molecule has 0 unspecified atom stereocenters. The maximum absolute atomic E-state index is 12.4. The van der Waals surface area contributed by atoms with Crippen molar-refractivity contribution >= 4 is 11.8 Å². The summed E-state index contributed by atoms with van der Waals surface area (Å²) in [4.78, 5) is 24.8. The SMILES string of the molecule is COc1ccc(C(=O)NC[C@@H](C)NC(=O)c2ccc(OC)c(OC)c2)cc1OC. The molecule has 2 rings (SSSR count). The third-order valence-electron chi connectivity index (χ3n) is 4.24. The monoisotopic (exact) mass is 402 g/mol. The predicted octanol–water partition coefficient (Wildman–Crippen LogP) is 2.27. The first kappa shape index (κ1) is 21.9. The Bertz CT molecular complexity index is 868. The lowest BCUT2D eigenvalue weighted by Gasteiger charge is -2.16. The normalized spacial score (nSPS) is 11.2. The second-order valence-electron chi connectivity index (χ2n) is 6.22. The highest BCUT2D eigenvalue weighted by Crippen LogP contribution is 2.28. The van der Waals surface area contributed by atoms with Gasteiger partial charge in [0, 0.05) is 23.7 Å². The Kier molecular flexibility index (Phi) is 7.70. The Morgan fingerprint density at radius 1 is 0.759 bits per heavy atom. The lowest BCUT2D eigenvalue weighted by molar-refractivity contribution is 0.0912. The van der Waals surface area contributed by atoms with Gasteiger partial charge in [0.05, 0.1) is 28.4 Å². The van der Waals surface area contributed by atoms with Crippen LogP contribution in [0, 0.1) is 0 Å². The zero-order valence-electron chi connectivity index (χ0n) is 17.2. The van der Waals surface area contributed by atoms with Gasteiger partial charge in [-0.15, -0.1) is 0 Å². The molecule has 0 saturated heterocycles. The second-order valence-corrected chi connectivity index (χ2v) is 6.22. The van der Waals surface area contributed by atoms with E-state index in [0.717, 1.165) is 0 Å². The molecule has 2 N–H and O–H groups in total. The van der Waals surface area contributed by atoms with Crippen LogP contribution in [0.1, 0.15) is 27.6 Å². The molecule has 2 amide bonds. The molecule has 0 aliphatic heterocycles. The van der Waals surface area contributed by atoms with E-state index in [-0.39, 0.29) is 24.4 Å². The van der Waals surface area contributed by atoms with E-state index in [4.69, 9.17) is 18.9 Å². The van der Waals surface area contributed by atoms with Gasteiger partial charge < -0.3 is 29.6 Å². The Balaban J connectivity index is 1.94. The van der Waals surface area contributed by atoms with Gasteiger partial charge in [-0.25, -0.2) is 0 Å². The van der Waals surface area contributed by atoms with E-state index < -0.39 is 0 Å². The smallest absolute Gasteiger partial charge is 0.251 e. The lowest BCUT2D eigenvalue weighted by Crippen LogP contribution is -2.41. The van der Waals surface area contributed by atoms with Crippen molar-refractivity contribution in [2.75, 3.05) is 35.0 Å². The zero-order valence-corrected chi connectivity index (χ0v) is 17.2. The van der Waals surface area contributed by atoms with Crippen molar-refractivity contribution in [1.82, 2.24) is 10.6 Å². The van der Waals surface area contributed by atoms with Gasteiger partial charge >= 0.3 is 0 Å². The molecule has 0 aromatic heterocycles. The number of ether oxygens (including phenoxy) is 4. The number of nitrogens with one attached hydrogen (secondary N) is 2. The minimum Gasteiger partial charge on any atom is -0.493 e. The molecule has 29 heavy (non-hydrogen) atoms. The van der Waals surface area contributed by atoms with Crippen LogP contribution in [0.15, 0.2) is 36.4 Å². The molecule has 2 aromatic rings. The molecule has 0 spiro atoms. The third kappa shape index (κ3) is 5.54. The molecule has 0 aliphatic rings. The van der Waals surface area contributed by atoms with Crippen molar-refractivity contribution in [2.45, 2.75) is 13.0 Å². The van der Waals surface area contributed by atoms with E-state index in [9.17, 15) is 9.59 Å². The molecule has 8 nitrogen and oxygen atoms in total. The number of hydrogen-bond donors (Lipinski definition) is 2. The summed E-state index contributed by atoms with van der Waals surface area (Å²) in [6, 6.07) is 9.52. The van der Waals surface area contributed by atoms with Crippen molar-refractivity contribution in [3.05, 3.63) is 47.5 Å². The Hall–Kier alpha value is -3.42. The number of benzene rings is 2. The first-order chi connectivity index (χ1) is 13.9. The summed E-state index contributed by atoms with van der Waals surface area (Å²) in [6.07, 6.45) is 0. The van der Waals surface area contributed by atoms with Gasteiger partial charge in [0.15, 0.2) is 23.0 Å². The number of methoxy groups -OCH3 is 4. The molecular weight excluding hydrogens is 376 g/mol. The molecule has 1 atom stereocenters. The van der Waals surface area contributed by atoms with Crippen LogP contribution in [-0.4, -0.2) is 52.8 Å². The van der Waals surface area contributed by atoms with E-state index in [2.05, 4.69) is 10.6 Å². The maximum atomic E-state index is 12.4. The molecule has 0 aliphatic carbocycles. The predicted molar refractivity (Wildman–Crippen MR) is 108 cm³/mol.